The second-order valence-corrected chi connectivity index (χ2v) is 10.7. The minimum absolute atomic E-state index is 0.161. The number of hydrogen-bond acceptors (Lipinski definition) is 6. The number of halogens is 3. The molecule has 1 aliphatic heterocycles. The topological polar surface area (TPSA) is 84.9 Å². The Bertz CT molecular complexity index is 1480. The van der Waals surface area contributed by atoms with Crippen LogP contribution in [0.4, 0.5) is 14.9 Å². The van der Waals surface area contributed by atoms with Crippen molar-refractivity contribution in [3.8, 4) is 11.5 Å². The van der Waals surface area contributed by atoms with Crippen LogP contribution in [-0.2, 0) is 16.1 Å². The summed E-state index contributed by atoms with van der Waals surface area (Å²) < 4.78 is 26.0. The van der Waals surface area contributed by atoms with Crippen molar-refractivity contribution in [1.29, 1.82) is 0 Å². The van der Waals surface area contributed by atoms with E-state index in [0.29, 0.717) is 38.9 Å². The third-order valence-electron chi connectivity index (χ3n) is 5.59. The van der Waals surface area contributed by atoms with Crippen molar-refractivity contribution < 1.29 is 28.2 Å². The summed E-state index contributed by atoms with van der Waals surface area (Å²) in [7, 11) is 0. The molecule has 0 atom stereocenters. The molecule has 202 valence electrons. The predicted molar refractivity (Wildman–Crippen MR) is 154 cm³/mol. The summed E-state index contributed by atoms with van der Waals surface area (Å²) >= 11 is 10.3. The molecule has 11 heteroatoms. The van der Waals surface area contributed by atoms with Crippen LogP contribution in [0.5, 0.6) is 11.5 Å². The minimum atomic E-state index is -0.518. The van der Waals surface area contributed by atoms with Crippen molar-refractivity contribution in [2.75, 3.05) is 18.5 Å². The number of nitrogens with zero attached hydrogens (tertiary/aromatic N) is 1. The standard InChI is InChI=1S/C28H23BrClFN2O5S/c1-3-37-23-11-17(12-24-27(35)33(28(36)39-24)14-18-6-4-5-7-22(18)31)10-20(29)26(23)38-15-25(34)32-19-9-8-16(2)21(30)13-19/h4-13H,3,14-15H2,1-2H3,(H,32,34)/b24-12-. The number of aryl methyl sites for hydroxylation is 1. The van der Waals surface area contributed by atoms with Crippen LogP contribution in [-0.4, -0.2) is 35.2 Å². The van der Waals surface area contributed by atoms with E-state index in [1.54, 1.807) is 55.5 Å². The molecule has 0 aromatic heterocycles. The van der Waals surface area contributed by atoms with E-state index in [-0.39, 0.29) is 23.6 Å². The zero-order valence-corrected chi connectivity index (χ0v) is 24.1. The molecule has 3 aromatic rings. The summed E-state index contributed by atoms with van der Waals surface area (Å²) in [6, 6.07) is 14.5. The normalized spacial score (nSPS) is 14.2. The molecule has 0 radical (unpaired) electrons. The minimum Gasteiger partial charge on any atom is -0.490 e. The highest BCUT2D eigenvalue weighted by Crippen LogP contribution is 2.39. The number of carbonyl (C=O) groups excluding carboxylic acids is 3. The molecule has 1 saturated heterocycles. The quantitative estimate of drug-likeness (QED) is 0.251. The average Bonchev–Trinajstić information content (AvgIpc) is 3.14. The van der Waals surface area contributed by atoms with Crippen LogP contribution in [0.3, 0.4) is 0 Å². The number of carbonyl (C=O) groups is 3. The molecule has 1 N–H and O–H groups in total. The van der Waals surface area contributed by atoms with Crippen LogP contribution >= 0.6 is 39.3 Å². The number of nitrogens with one attached hydrogen (secondary N) is 1. The second kappa shape index (κ2) is 12.7. The van der Waals surface area contributed by atoms with Crippen molar-refractivity contribution in [3.63, 3.8) is 0 Å². The van der Waals surface area contributed by atoms with Gasteiger partial charge in [0.05, 0.1) is 22.5 Å². The van der Waals surface area contributed by atoms with Gasteiger partial charge >= 0.3 is 0 Å². The molecule has 1 fully saturated rings. The summed E-state index contributed by atoms with van der Waals surface area (Å²) in [4.78, 5) is 39.1. The number of imide groups is 1. The lowest BCUT2D eigenvalue weighted by molar-refractivity contribution is -0.123. The summed E-state index contributed by atoms with van der Waals surface area (Å²) in [5.41, 5.74) is 2.25. The fraction of sp³-hybridized carbons (Fsp3) is 0.179. The molecule has 1 aliphatic rings. The molecule has 0 spiro atoms. The highest BCUT2D eigenvalue weighted by atomic mass is 79.9. The maximum atomic E-state index is 14.1. The lowest BCUT2D eigenvalue weighted by atomic mass is 10.1. The number of benzene rings is 3. The van der Waals surface area contributed by atoms with E-state index in [2.05, 4.69) is 21.2 Å². The SMILES string of the molecule is CCOc1cc(/C=C2\SC(=O)N(Cc3ccccc3F)C2=O)cc(Br)c1OCC(=O)Nc1ccc(C)c(Cl)c1. The van der Waals surface area contributed by atoms with Gasteiger partial charge in [-0.3, -0.25) is 19.3 Å². The van der Waals surface area contributed by atoms with Gasteiger partial charge in [0, 0.05) is 16.3 Å². The molecule has 0 bridgehead atoms. The first-order valence-corrected chi connectivity index (χ1v) is 13.8. The van der Waals surface area contributed by atoms with Gasteiger partial charge in [-0.15, -0.1) is 0 Å². The van der Waals surface area contributed by atoms with Gasteiger partial charge in [-0.1, -0.05) is 35.9 Å². The van der Waals surface area contributed by atoms with Gasteiger partial charge < -0.3 is 14.8 Å². The van der Waals surface area contributed by atoms with Crippen molar-refractivity contribution >= 4 is 68.1 Å². The Morgan fingerprint density at radius 2 is 1.92 bits per heavy atom. The van der Waals surface area contributed by atoms with Crippen molar-refractivity contribution in [2.45, 2.75) is 20.4 Å². The smallest absolute Gasteiger partial charge is 0.293 e. The lowest BCUT2D eigenvalue weighted by Crippen LogP contribution is -2.27. The van der Waals surface area contributed by atoms with E-state index < -0.39 is 22.9 Å². The van der Waals surface area contributed by atoms with Crippen LogP contribution in [0.25, 0.3) is 6.08 Å². The molecule has 0 saturated carbocycles. The number of amides is 3. The number of anilines is 1. The summed E-state index contributed by atoms with van der Waals surface area (Å²) in [5.74, 6) is -0.751. The van der Waals surface area contributed by atoms with Gasteiger partial charge in [-0.05, 0) is 89.1 Å². The Kier molecular flexibility index (Phi) is 9.32. The Morgan fingerprint density at radius 1 is 1.15 bits per heavy atom. The first-order valence-electron chi connectivity index (χ1n) is 11.8. The Hall–Kier alpha value is -3.34. The monoisotopic (exact) mass is 632 g/mol. The number of rotatable bonds is 9. The lowest BCUT2D eigenvalue weighted by Gasteiger charge is -2.15. The van der Waals surface area contributed by atoms with Crippen molar-refractivity contribution in [3.05, 3.63) is 91.5 Å². The van der Waals surface area contributed by atoms with Gasteiger partial charge in [0.15, 0.2) is 18.1 Å². The molecule has 3 aromatic carbocycles. The molecule has 39 heavy (non-hydrogen) atoms. The summed E-state index contributed by atoms with van der Waals surface area (Å²) in [5, 5.41) is 2.78. The highest BCUT2D eigenvalue weighted by Gasteiger charge is 2.35. The summed E-state index contributed by atoms with van der Waals surface area (Å²) in [6.45, 7) is 3.53. The van der Waals surface area contributed by atoms with E-state index in [1.807, 2.05) is 6.92 Å². The van der Waals surface area contributed by atoms with Gasteiger partial charge in [0.2, 0.25) is 0 Å². The fourth-order valence-corrected chi connectivity index (χ4v) is 5.26. The maximum absolute atomic E-state index is 14.1. The largest absolute Gasteiger partial charge is 0.490 e. The molecule has 0 aliphatic carbocycles. The van der Waals surface area contributed by atoms with E-state index in [1.165, 1.54) is 12.1 Å². The molecule has 7 nitrogen and oxygen atoms in total. The van der Waals surface area contributed by atoms with Crippen LogP contribution < -0.4 is 14.8 Å². The van der Waals surface area contributed by atoms with Gasteiger partial charge in [0.25, 0.3) is 17.1 Å². The number of ether oxygens (including phenoxy) is 2. The number of hydrogen-bond donors (Lipinski definition) is 1. The van der Waals surface area contributed by atoms with Crippen molar-refractivity contribution in [1.82, 2.24) is 4.90 Å². The zero-order valence-electron chi connectivity index (χ0n) is 20.9. The van der Waals surface area contributed by atoms with Crippen LogP contribution in [0.2, 0.25) is 5.02 Å². The fourth-order valence-electron chi connectivity index (χ4n) is 3.66. The molecule has 4 rings (SSSR count). The predicted octanol–water partition coefficient (Wildman–Crippen LogP) is 7.20. The summed E-state index contributed by atoms with van der Waals surface area (Å²) in [6.07, 6.45) is 1.55. The second-order valence-electron chi connectivity index (χ2n) is 8.42. The van der Waals surface area contributed by atoms with Gasteiger partial charge in [0.1, 0.15) is 5.82 Å². The molecule has 0 unspecified atom stereocenters. The zero-order chi connectivity index (χ0) is 28.1. The Labute approximate surface area is 242 Å². The molecular formula is C28H23BrClFN2O5S. The van der Waals surface area contributed by atoms with Crippen molar-refractivity contribution in [2.24, 2.45) is 0 Å². The van der Waals surface area contributed by atoms with E-state index in [4.69, 9.17) is 21.1 Å². The number of thioether (sulfide) groups is 1. The first kappa shape index (κ1) is 28.7. The molecule has 1 heterocycles. The van der Waals surface area contributed by atoms with Gasteiger partial charge in [-0.25, -0.2) is 4.39 Å². The molecular weight excluding hydrogens is 611 g/mol. The van der Waals surface area contributed by atoms with E-state index in [0.717, 1.165) is 22.2 Å². The highest BCUT2D eigenvalue weighted by molar-refractivity contribution is 9.10. The van der Waals surface area contributed by atoms with E-state index >= 15 is 0 Å². The Morgan fingerprint density at radius 3 is 2.64 bits per heavy atom. The van der Waals surface area contributed by atoms with Gasteiger partial charge in [-0.2, -0.15) is 0 Å². The third kappa shape index (κ3) is 7.00. The molecule has 3 amide bonds. The van der Waals surface area contributed by atoms with Crippen LogP contribution in [0.15, 0.2) is 64.0 Å². The maximum Gasteiger partial charge on any atom is 0.293 e. The first-order chi connectivity index (χ1) is 18.7. The third-order valence-corrected chi connectivity index (χ3v) is 7.50. The van der Waals surface area contributed by atoms with Crippen LogP contribution in [0, 0.1) is 12.7 Å². The van der Waals surface area contributed by atoms with E-state index in [9.17, 15) is 18.8 Å². The van der Waals surface area contributed by atoms with Crippen LogP contribution in [0.1, 0.15) is 23.6 Å². The Balaban J connectivity index is 1.49. The average molecular weight is 634 g/mol.